The predicted molar refractivity (Wildman–Crippen MR) is 197 cm³/mol. The number of hydrogen-bond acceptors (Lipinski definition) is 1. The molecule has 7 aromatic rings. The van der Waals surface area contributed by atoms with Gasteiger partial charge in [-0.05, 0) is 94.4 Å². The molecule has 0 amide bonds. The molecular weight excluding hydrogens is 561 g/mol. The van der Waals surface area contributed by atoms with Gasteiger partial charge in [-0.25, -0.2) is 0 Å². The van der Waals surface area contributed by atoms with E-state index in [1.54, 1.807) is 11.3 Å². The Hall–Kier alpha value is -5.16. The lowest BCUT2D eigenvalue weighted by atomic mass is 9.90. The predicted octanol–water partition coefficient (Wildman–Crippen LogP) is 10.4. The average molecular weight is 595 g/mol. The van der Waals surface area contributed by atoms with Gasteiger partial charge in [-0.3, -0.25) is 0 Å². The van der Waals surface area contributed by atoms with Gasteiger partial charge in [-0.2, -0.15) is 0 Å². The standard InChI is InChI=1S/C44H34S/c1-5-6-17-36(29(2)3)43-37-18-11-9-14-32(37)21-23-39(43)35(28-34-16-8-7-13-30(34)4)26-31-20-24-41-40(27-31)44-38-19-12-10-15-33(38)22-25-42(44)45-41/h5-21,23-24,27H,1-2,26,28H2,3-4H3/b17-6-,39-35-,43-36-. The van der Waals surface area contributed by atoms with Gasteiger partial charge in [0.2, 0.25) is 0 Å². The first-order chi connectivity index (χ1) is 22.0. The van der Waals surface area contributed by atoms with Crippen molar-refractivity contribution < 1.29 is 0 Å². The van der Waals surface area contributed by atoms with Gasteiger partial charge in [0.05, 0.1) is 4.70 Å². The third-order valence-electron chi connectivity index (χ3n) is 8.78. The van der Waals surface area contributed by atoms with E-state index in [2.05, 4.69) is 148 Å². The summed E-state index contributed by atoms with van der Waals surface area (Å²) in [6.45, 7) is 12.7. The van der Waals surface area contributed by atoms with Gasteiger partial charge < -0.3 is 0 Å². The summed E-state index contributed by atoms with van der Waals surface area (Å²) in [4.78, 5) is 0. The highest BCUT2D eigenvalue weighted by Crippen LogP contribution is 2.37. The number of rotatable bonds is 7. The summed E-state index contributed by atoms with van der Waals surface area (Å²) in [5.74, 6) is 0. The minimum atomic E-state index is 0.836. The molecule has 0 radical (unpaired) electrons. The molecule has 0 aliphatic heterocycles. The molecule has 1 heterocycles. The molecule has 0 spiro atoms. The van der Waals surface area contributed by atoms with E-state index in [1.165, 1.54) is 64.3 Å². The summed E-state index contributed by atoms with van der Waals surface area (Å²) in [7, 11) is 0. The SMILES string of the molecule is C=C\C=C/C(C(=C)C)=c1/c(=C(/Cc2ccc3sc4c#cc5ccccc5c4c3c2)Cc2ccccc2C)ccc2ccccc12. The Labute approximate surface area is 269 Å². The molecule has 1 heteroatoms. The van der Waals surface area contributed by atoms with Crippen LogP contribution in [0.1, 0.15) is 23.6 Å². The third kappa shape index (κ3) is 5.40. The van der Waals surface area contributed by atoms with Gasteiger partial charge in [0, 0.05) is 26.2 Å². The normalized spacial score (nSPS) is 13.0. The second-order valence-corrected chi connectivity index (χ2v) is 12.9. The summed E-state index contributed by atoms with van der Waals surface area (Å²) in [6.07, 6.45) is 7.72. The first-order valence-electron chi connectivity index (χ1n) is 15.4. The number of hydrogen-bond donors (Lipinski definition) is 0. The minimum absolute atomic E-state index is 0.836. The van der Waals surface area contributed by atoms with Gasteiger partial charge in [0.25, 0.3) is 0 Å². The Morgan fingerprint density at radius 2 is 1.58 bits per heavy atom. The molecule has 0 aliphatic carbocycles. The molecule has 0 atom stereocenters. The van der Waals surface area contributed by atoms with Gasteiger partial charge in [-0.1, -0.05) is 134 Å². The first kappa shape index (κ1) is 28.6. The van der Waals surface area contributed by atoms with Crippen molar-refractivity contribution in [2.45, 2.75) is 26.7 Å². The molecule has 0 fully saturated rings. The fourth-order valence-corrected chi connectivity index (χ4v) is 7.59. The Kier molecular flexibility index (Phi) is 7.68. The quantitative estimate of drug-likeness (QED) is 0.161. The first-order valence-corrected chi connectivity index (χ1v) is 16.2. The maximum atomic E-state index is 4.42. The van der Waals surface area contributed by atoms with Crippen LogP contribution in [0.2, 0.25) is 0 Å². The van der Waals surface area contributed by atoms with Crippen LogP contribution in [-0.2, 0) is 12.8 Å². The van der Waals surface area contributed by atoms with Crippen molar-refractivity contribution in [3.63, 3.8) is 0 Å². The van der Waals surface area contributed by atoms with Gasteiger partial charge in [-0.15, -0.1) is 11.3 Å². The molecule has 0 N–H and O–H groups in total. The lowest BCUT2D eigenvalue weighted by Gasteiger charge is -2.14. The number of allylic oxidation sites excluding steroid dienone is 4. The topological polar surface area (TPSA) is 0 Å². The summed E-state index contributed by atoms with van der Waals surface area (Å²) >= 11 is 1.80. The molecule has 0 aliphatic rings. The molecule has 0 saturated carbocycles. The molecule has 0 saturated heterocycles. The third-order valence-corrected chi connectivity index (χ3v) is 9.87. The van der Waals surface area contributed by atoms with Crippen molar-refractivity contribution in [2.24, 2.45) is 0 Å². The van der Waals surface area contributed by atoms with Crippen LogP contribution >= 0.6 is 11.3 Å². The van der Waals surface area contributed by atoms with E-state index < -0.39 is 0 Å². The molecule has 6 aromatic carbocycles. The van der Waals surface area contributed by atoms with Crippen molar-refractivity contribution >= 4 is 64.2 Å². The molecular formula is C44H34S. The van der Waals surface area contributed by atoms with Crippen LogP contribution in [0.25, 0.3) is 52.9 Å². The van der Waals surface area contributed by atoms with E-state index >= 15 is 0 Å². The van der Waals surface area contributed by atoms with Crippen LogP contribution in [0, 0.1) is 19.1 Å². The van der Waals surface area contributed by atoms with Gasteiger partial charge >= 0.3 is 0 Å². The van der Waals surface area contributed by atoms with E-state index in [4.69, 9.17) is 0 Å². The van der Waals surface area contributed by atoms with Crippen LogP contribution in [0.5, 0.6) is 0 Å². The van der Waals surface area contributed by atoms with E-state index in [1.807, 2.05) is 12.2 Å². The number of benzene rings is 5. The lowest BCUT2D eigenvalue weighted by Crippen LogP contribution is -2.31. The van der Waals surface area contributed by atoms with Crippen LogP contribution in [0.15, 0.2) is 140 Å². The van der Waals surface area contributed by atoms with Crippen LogP contribution in [-0.4, -0.2) is 0 Å². The highest BCUT2D eigenvalue weighted by molar-refractivity contribution is 7.25. The molecule has 0 unspecified atom stereocenters. The molecule has 45 heavy (non-hydrogen) atoms. The Balaban J connectivity index is 1.54. The second kappa shape index (κ2) is 12.1. The largest absolute Gasteiger partial charge is 0.126 e. The summed E-state index contributed by atoms with van der Waals surface area (Å²) < 4.78 is 2.45. The maximum absolute atomic E-state index is 4.42. The Morgan fingerprint density at radius 1 is 0.800 bits per heavy atom. The number of fused-ring (bicyclic) bond motifs is 6. The number of aryl methyl sites for hydroxylation is 1. The zero-order chi connectivity index (χ0) is 30.9. The van der Waals surface area contributed by atoms with Crippen LogP contribution < -0.4 is 10.4 Å². The zero-order valence-corrected chi connectivity index (χ0v) is 26.6. The maximum Gasteiger partial charge on any atom is 0.0863 e. The lowest BCUT2D eigenvalue weighted by molar-refractivity contribution is 1.13. The van der Waals surface area contributed by atoms with Crippen molar-refractivity contribution in [1.82, 2.24) is 0 Å². The monoisotopic (exact) mass is 594 g/mol. The van der Waals surface area contributed by atoms with E-state index in [9.17, 15) is 0 Å². The summed E-state index contributed by atoms with van der Waals surface area (Å²) in [5.41, 5.74) is 7.53. The molecule has 7 rings (SSSR count). The van der Waals surface area contributed by atoms with Gasteiger partial charge in [0.1, 0.15) is 0 Å². The summed E-state index contributed by atoms with van der Waals surface area (Å²) in [6, 6.07) is 44.4. The highest BCUT2D eigenvalue weighted by atomic mass is 32.1. The number of thiophene rings is 1. The summed E-state index contributed by atoms with van der Waals surface area (Å²) in [5, 5.41) is 9.90. The zero-order valence-electron chi connectivity index (χ0n) is 25.8. The van der Waals surface area contributed by atoms with Crippen LogP contribution in [0.3, 0.4) is 0 Å². The van der Waals surface area contributed by atoms with E-state index in [0.29, 0.717) is 0 Å². The molecule has 1 aromatic heterocycles. The van der Waals surface area contributed by atoms with Crippen molar-refractivity contribution in [1.29, 1.82) is 0 Å². The van der Waals surface area contributed by atoms with Crippen molar-refractivity contribution in [3.8, 4) is 0 Å². The van der Waals surface area contributed by atoms with E-state index in [0.717, 1.165) is 34.1 Å². The Bertz CT molecular complexity index is 2430. The molecule has 216 valence electrons. The van der Waals surface area contributed by atoms with Crippen LogP contribution in [0.4, 0.5) is 0 Å². The van der Waals surface area contributed by atoms with Crippen molar-refractivity contribution in [2.75, 3.05) is 0 Å². The van der Waals surface area contributed by atoms with Crippen molar-refractivity contribution in [3.05, 3.63) is 179 Å². The average Bonchev–Trinajstić information content (AvgIpc) is 3.44. The van der Waals surface area contributed by atoms with Gasteiger partial charge in [0.15, 0.2) is 0 Å². The molecule has 0 bridgehead atoms. The smallest absolute Gasteiger partial charge is 0.0863 e. The second-order valence-electron chi connectivity index (χ2n) is 11.8. The fourth-order valence-electron chi connectivity index (χ4n) is 6.54. The Morgan fingerprint density at radius 3 is 2.40 bits per heavy atom. The van der Waals surface area contributed by atoms with E-state index in [-0.39, 0.29) is 0 Å². The highest BCUT2D eigenvalue weighted by Gasteiger charge is 2.13. The molecule has 0 nitrogen and oxygen atoms in total. The minimum Gasteiger partial charge on any atom is -0.126 e. The fraction of sp³-hybridized carbons (Fsp3) is 0.0909.